The Balaban J connectivity index is -0.000000118. The van der Waals surface area contributed by atoms with Crippen LogP contribution in [0.3, 0.4) is 0 Å². The lowest BCUT2D eigenvalue weighted by atomic mass is 10.0. The van der Waals surface area contributed by atoms with Gasteiger partial charge >= 0.3 is 0 Å². The molecule has 0 spiro atoms. The number of hydrogen-bond donors (Lipinski definition) is 0. The van der Waals surface area contributed by atoms with Gasteiger partial charge in [0.1, 0.15) is 0 Å². The highest BCUT2D eigenvalue weighted by Crippen LogP contribution is 2.15. The van der Waals surface area contributed by atoms with E-state index in [9.17, 15) is 0 Å². The molecule has 0 aromatic carbocycles. The zero-order valence-corrected chi connectivity index (χ0v) is 13.6. The van der Waals surface area contributed by atoms with Crippen molar-refractivity contribution in [2.24, 2.45) is 0 Å². The van der Waals surface area contributed by atoms with E-state index >= 15 is 0 Å². The SMILES string of the molecule is C=CC.C=CC(=C)C(=C)CCC(=C)C.CC.CC. The average Bonchev–Trinajstić information content (AvgIpc) is 2.40. The van der Waals surface area contributed by atoms with Crippen LogP contribution in [0.15, 0.2) is 61.8 Å². The Kier molecular flexibility index (Phi) is 35.1. The van der Waals surface area contributed by atoms with Crippen molar-refractivity contribution < 1.29 is 0 Å². The molecule has 18 heavy (non-hydrogen) atoms. The van der Waals surface area contributed by atoms with Crippen LogP contribution in [0.4, 0.5) is 0 Å². The summed E-state index contributed by atoms with van der Waals surface area (Å²) < 4.78 is 0. The van der Waals surface area contributed by atoms with Gasteiger partial charge in [-0.3, -0.25) is 0 Å². The van der Waals surface area contributed by atoms with Gasteiger partial charge in [0.25, 0.3) is 0 Å². The van der Waals surface area contributed by atoms with Crippen molar-refractivity contribution in [3.63, 3.8) is 0 Å². The van der Waals surface area contributed by atoms with Crippen LogP contribution in [0.5, 0.6) is 0 Å². The monoisotopic (exact) mass is 250 g/mol. The van der Waals surface area contributed by atoms with Crippen LogP contribution in [0.1, 0.15) is 54.4 Å². The minimum absolute atomic E-state index is 0.936. The van der Waals surface area contributed by atoms with Gasteiger partial charge in [-0.05, 0) is 37.8 Å². The molecule has 0 nitrogen and oxygen atoms in total. The Morgan fingerprint density at radius 3 is 1.44 bits per heavy atom. The van der Waals surface area contributed by atoms with E-state index in [0.29, 0.717) is 0 Å². The first-order valence-electron chi connectivity index (χ1n) is 6.70. The lowest BCUT2D eigenvalue weighted by Crippen LogP contribution is -1.84. The molecule has 0 bridgehead atoms. The largest absolute Gasteiger partial charge is 0.103 e. The number of hydrogen-bond acceptors (Lipinski definition) is 0. The van der Waals surface area contributed by atoms with Crippen LogP contribution in [0, 0.1) is 0 Å². The average molecular weight is 250 g/mol. The van der Waals surface area contributed by atoms with E-state index in [-0.39, 0.29) is 0 Å². The molecule has 0 aliphatic carbocycles. The Bertz CT molecular complexity index is 228. The van der Waals surface area contributed by atoms with Gasteiger partial charge in [-0.2, -0.15) is 0 Å². The Morgan fingerprint density at radius 2 is 1.22 bits per heavy atom. The first kappa shape index (κ1) is 25.5. The van der Waals surface area contributed by atoms with Gasteiger partial charge in [-0.25, -0.2) is 0 Å². The van der Waals surface area contributed by atoms with E-state index in [2.05, 4.69) is 32.9 Å². The fraction of sp³-hybridized carbons (Fsp3) is 0.444. The van der Waals surface area contributed by atoms with Crippen molar-refractivity contribution in [3.8, 4) is 0 Å². The normalized spacial score (nSPS) is 6.78. The van der Waals surface area contributed by atoms with Gasteiger partial charge in [0, 0.05) is 0 Å². The van der Waals surface area contributed by atoms with E-state index in [1.54, 1.807) is 12.2 Å². The number of rotatable bonds is 5. The summed E-state index contributed by atoms with van der Waals surface area (Å²) in [6, 6.07) is 0. The molecule has 0 rings (SSSR count). The van der Waals surface area contributed by atoms with E-state index in [4.69, 9.17) is 0 Å². The summed E-state index contributed by atoms with van der Waals surface area (Å²) in [5.74, 6) is 0. The maximum Gasteiger partial charge on any atom is -0.0242 e. The molecule has 0 heterocycles. The van der Waals surface area contributed by atoms with E-state index in [0.717, 1.165) is 24.0 Å². The highest BCUT2D eigenvalue weighted by Gasteiger charge is 1.95. The van der Waals surface area contributed by atoms with Gasteiger partial charge < -0.3 is 0 Å². The molecule has 0 radical (unpaired) electrons. The van der Waals surface area contributed by atoms with E-state index in [1.807, 2.05) is 41.5 Å². The minimum atomic E-state index is 0.936. The molecule has 0 aliphatic rings. The van der Waals surface area contributed by atoms with Crippen LogP contribution in [0.25, 0.3) is 0 Å². The Labute approximate surface area is 117 Å². The molecule has 0 fully saturated rings. The molecule has 0 heteroatoms. The lowest BCUT2D eigenvalue weighted by Gasteiger charge is -2.03. The van der Waals surface area contributed by atoms with Crippen molar-refractivity contribution in [1.82, 2.24) is 0 Å². The quantitative estimate of drug-likeness (QED) is 0.368. The van der Waals surface area contributed by atoms with Gasteiger partial charge in [-0.15, -0.1) is 13.2 Å². The van der Waals surface area contributed by atoms with Crippen LogP contribution in [0.2, 0.25) is 0 Å². The molecule has 0 saturated carbocycles. The van der Waals surface area contributed by atoms with Crippen LogP contribution < -0.4 is 0 Å². The molecule has 0 aliphatic heterocycles. The molecule has 0 saturated heterocycles. The molecule has 0 unspecified atom stereocenters. The van der Waals surface area contributed by atoms with Crippen molar-refractivity contribution in [1.29, 1.82) is 0 Å². The first-order valence-corrected chi connectivity index (χ1v) is 6.70. The minimum Gasteiger partial charge on any atom is -0.103 e. The topological polar surface area (TPSA) is 0 Å². The molecule has 0 aromatic rings. The van der Waals surface area contributed by atoms with Crippen molar-refractivity contribution in [3.05, 3.63) is 61.8 Å². The fourth-order valence-electron chi connectivity index (χ4n) is 0.669. The molecule has 0 amide bonds. The maximum atomic E-state index is 3.89. The molecule has 0 atom stereocenters. The summed E-state index contributed by atoms with van der Waals surface area (Å²) in [7, 11) is 0. The van der Waals surface area contributed by atoms with Crippen LogP contribution in [-0.2, 0) is 0 Å². The van der Waals surface area contributed by atoms with Crippen molar-refractivity contribution >= 4 is 0 Å². The summed E-state index contributed by atoms with van der Waals surface area (Å²) in [6.07, 6.45) is 5.42. The summed E-state index contributed by atoms with van der Waals surface area (Å²) in [4.78, 5) is 0. The number of allylic oxidation sites excluding steroid dienone is 5. The molecular formula is C18H34. The predicted molar refractivity (Wildman–Crippen MR) is 91.1 cm³/mol. The second-order valence-electron chi connectivity index (χ2n) is 3.20. The third-order valence-electron chi connectivity index (χ3n) is 1.55. The van der Waals surface area contributed by atoms with Crippen LogP contribution >= 0.6 is 0 Å². The highest BCUT2D eigenvalue weighted by molar-refractivity contribution is 5.34. The predicted octanol–water partition coefficient (Wildman–Crippen LogP) is 6.89. The van der Waals surface area contributed by atoms with Crippen molar-refractivity contribution in [2.45, 2.75) is 54.4 Å². The Morgan fingerprint density at radius 1 is 0.889 bits per heavy atom. The molecular weight excluding hydrogens is 216 g/mol. The van der Waals surface area contributed by atoms with E-state index < -0.39 is 0 Å². The summed E-state index contributed by atoms with van der Waals surface area (Å²) >= 11 is 0. The summed E-state index contributed by atoms with van der Waals surface area (Å²) in [6.45, 7) is 30.4. The van der Waals surface area contributed by atoms with Crippen molar-refractivity contribution in [2.75, 3.05) is 0 Å². The van der Waals surface area contributed by atoms with Gasteiger partial charge in [0.15, 0.2) is 0 Å². The third kappa shape index (κ3) is 29.3. The van der Waals surface area contributed by atoms with Gasteiger partial charge in [-0.1, -0.05) is 65.2 Å². The first-order chi connectivity index (χ1) is 8.49. The third-order valence-corrected chi connectivity index (χ3v) is 1.55. The lowest BCUT2D eigenvalue weighted by molar-refractivity contribution is 0.946. The van der Waals surface area contributed by atoms with Crippen LogP contribution in [-0.4, -0.2) is 0 Å². The fourth-order valence-corrected chi connectivity index (χ4v) is 0.669. The second-order valence-corrected chi connectivity index (χ2v) is 3.20. The van der Waals surface area contributed by atoms with Gasteiger partial charge in [0.2, 0.25) is 0 Å². The molecule has 106 valence electrons. The van der Waals surface area contributed by atoms with E-state index in [1.165, 1.54) is 5.57 Å². The Hall–Kier alpha value is -1.30. The van der Waals surface area contributed by atoms with Gasteiger partial charge in [0.05, 0.1) is 0 Å². The molecule has 0 aromatic heterocycles. The second kappa shape index (κ2) is 24.8. The summed E-state index contributed by atoms with van der Waals surface area (Å²) in [5.41, 5.74) is 3.18. The zero-order valence-electron chi connectivity index (χ0n) is 13.6. The maximum absolute atomic E-state index is 3.89. The standard InChI is InChI=1S/C11H16.C3H6.2C2H6/c1-6-10(4)11(5)8-7-9(2)3;1-3-2;2*1-2/h6H,1-2,4-5,7-8H2,3H3;3H,1H2,2H3;2*1-2H3. The zero-order chi connectivity index (χ0) is 15.6. The summed E-state index contributed by atoms with van der Waals surface area (Å²) in [5, 5.41) is 0. The highest BCUT2D eigenvalue weighted by atomic mass is 14.0. The smallest absolute Gasteiger partial charge is 0.0242 e. The molecule has 0 N–H and O–H groups in total.